The summed E-state index contributed by atoms with van der Waals surface area (Å²) in [6.45, 7) is 7.93. The van der Waals surface area contributed by atoms with Crippen LogP contribution in [-0.4, -0.2) is 18.4 Å². The fraction of sp³-hybridized carbons (Fsp3) is 0.471. The molecule has 0 aliphatic rings. The van der Waals surface area contributed by atoms with Gasteiger partial charge in [0.05, 0.1) is 6.33 Å². The van der Waals surface area contributed by atoms with Crippen LogP contribution in [0.25, 0.3) is 0 Å². The number of carbonyl (C=O) groups excluding carboxylic acids is 1. The van der Waals surface area contributed by atoms with E-state index in [4.69, 9.17) is 10.5 Å². The van der Waals surface area contributed by atoms with E-state index in [0.29, 0.717) is 29.6 Å². The summed E-state index contributed by atoms with van der Waals surface area (Å²) in [5, 5.41) is 0. The summed E-state index contributed by atoms with van der Waals surface area (Å²) in [4.78, 5) is 12.1. The second kappa shape index (κ2) is 7.36. The summed E-state index contributed by atoms with van der Waals surface area (Å²) >= 11 is 0. The minimum Gasteiger partial charge on any atom is -0.486 e. The first-order valence-corrected chi connectivity index (χ1v) is 7.06. The van der Waals surface area contributed by atoms with Crippen LogP contribution in [0.3, 0.4) is 0 Å². The largest absolute Gasteiger partial charge is 0.486 e. The zero-order chi connectivity index (χ0) is 16.0. The molecule has 0 aromatic heterocycles. The van der Waals surface area contributed by atoms with Crippen LogP contribution in [0, 0.1) is 5.41 Å². The van der Waals surface area contributed by atoms with Crippen molar-refractivity contribution in [1.82, 2.24) is 0 Å². The molecule has 0 fully saturated rings. The molecule has 0 saturated heterocycles. The summed E-state index contributed by atoms with van der Waals surface area (Å²) in [7, 11) is 0. The van der Waals surface area contributed by atoms with E-state index in [9.17, 15) is 9.18 Å². The van der Waals surface area contributed by atoms with Crippen LogP contribution in [0.1, 0.15) is 44.5 Å². The van der Waals surface area contributed by atoms with Gasteiger partial charge in [-0.05, 0) is 36.6 Å². The number of nitrogens with two attached hydrogens (primary N) is 1. The Bertz CT molecular complexity index is 501. The number of ether oxygens (including phenoxy) is 1. The van der Waals surface area contributed by atoms with Gasteiger partial charge in [0, 0.05) is 24.1 Å². The van der Waals surface area contributed by atoms with Crippen molar-refractivity contribution in [2.45, 2.75) is 40.2 Å². The van der Waals surface area contributed by atoms with Crippen molar-refractivity contribution in [2.75, 3.05) is 6.54 Å². The van der Waals surface area contributed by atoms with Crippen molar-refractivity contribution < 1.29 is 13.9 Å². The predicted molar refractivity (Wildman–Crippen MR) is 83.2 cm³/mol. The zero-order valence-electron chi connectivity index (χ0n) is 13.2. The van der Waals surface area contributed by atoms with E-state index in [1.165, 1.54) is 0 Å². The fourth-order valence-electron chi connectivity index (χ4n) is 1.88. The van der Waals surface area contributed by atoms with Gasteiger partial charge in [-0.3, -0.25) is 4.79 Å². The fourth-order valence-corrected chi connectivity index (χ4v) is 1.88. The van der Waals surface area contributed by atoms with E-state index >= 15 is 0 Å². The van der Waals surface area contributed by atoms with Gasteiger partial charge < -0.3 is 10.5 Å². The Morgan fingerprint density at radius 3 is 2.33 bits per heavy atom. The predicted octanol–water partition coefficient (Wildman–Crippen LogP) is 3.88. The molecular formula is C17H24FNO2. The molecule has 0 heterocycles. The molecule has 21 heavy (non-hydrogen) atoms. The van der Waals surface area contributed by atoms with Gasteiger partial charge in [-0.25, -0.2) is 4.39 Å². The first-order valence-electron chi connectivity index (χ1n) is 7.06. The molecule has 2 N–H and O–H groups in total. The maximum Gasteiger partial charge on any atom is 0.163 e. The molecule has 0 spiro atoms. The highest BCUT2D eigenvalue weighted by Crippen LogP contribution is 2.23. The van der Waals surface area contributed by atoms with Crippen molar-refractivity contribution >= 4 is 5.78 Å². The SMILES string of the molecule is CC(Oc1ccc(C(=O)CC(C)(C)C)cc1)/C(=C/F)CN. The van der Waals surface area contributed by atoms with Gasteiger partial charge in [0.1, 0.15) is 11.9 Å². The quantitative estimate of drug-likeness (QED) is 0.810. The summed E-state index contributed by atoms with van der Waals surface area (Å²) in [6.07, 6.45) is 0.536. The molecule has 1 unspecified atom stereocenters. The third-order valence-corrected chi connectivity index (χ3v) is 3.08. The minimum absolute atomic E-state index is 0.0390. The van der Waals surface area contributed by atoms with E-state index in [1.54, 1.807) is 31.2 Å². The molecule has 116 valence electrons. The van der Waals surface area contributed by atoms with Crippen LogP contribution in [0.5, 0.6) is 5.75 Å². The third-order valence-electron chi connectivity index (χ3n) is 3.08. The normalized spacial score (nSPS) is 13.9. The molecule has 1 aromatic carbocycles. The van der Waals surface area contributed by atoms with Gasteiger partial charge in [0.25, 0.3) is 0 Å². The van der Waals surface area contributed by atoms with Gasteiger partial charge in [0.2, 0.25) is 0 Å². The molecule has 0 aliphatic carbocycles. The van der Waals surface area contributed by atoms with E-state index in [0.717, 1.165) is 0 Å². The number of halogens is 1. The van der Waals surface area contributed by atoms with E-state index in [1.807, 2.05) is 20.8 Å². The first-order chi connectivity index (χ1) is 9.76. The molecule has 1 aromatic rings. The van der Waals surface area contributed by atoms with Crippen molar-refractivity contribution in [3.05, 3.63) is 41.7 Å². The molecule has 1 atom stereocenters. The smallest absolute Gasteiger partial charge is 0.163 e. The van der Waals surface area contributed by atoms with Crippen molar-refractivity contribution in [2.24, 2.45) is 11.1 Å². The van der Waals surface area contributed by atoms with Crippen molar-refractivity contribution in [3.63, 3.8) is 0 Å². The number of Topliss-reactive ketones (excluding diaryl/α,β-unsaturated/α-hetero) is 1. The molecule has 3 nitrogen and oxygen atoms in total. The lowest BCUT2D eigenvalue weighted by molar-refractivity contribution is 0.0940. The van der Waals surface area contributed by atoms with Crippen molar-refractivity contribution in [3.8, 4) is 5.75 Å². The molecule has 4 heteroatoms. The van der Waals surface area contributed by atoms with E-state index < -0.39 is 6.10 Å². The van der Waals surface area contributed by atoms with Gasteiger partial charge in [-0.15, -0.1) is 0 Å². The molecule has 0 radical (unpaired) electrons. The second-order valence-electron chi connectivity index (χ2n) is 6.33. The average molecular weight is 293 g/mol. The van der Waals surface area contributed by atoms with E-state index in [-0.39, 0.29) is 17.7 Å². The Morgan fingerprint density at radius 1 is 1.33 bits per heavy atom. The number of hydrogen-bond donors (Lipinski definition) is 1. The lowest BCUT2D eigenvalue weighted by Crippen LogP contribution is -2.20. The lowest BCUT2D eigenvalue weighted by Gasteiger charge is -2.18. The zero-order valence-corrected chi connectivity index (χ0v) is 13.2. The van der Waals surface area contributed by atoms with Crippen LogP contribution in [0.4, 0.5) is 4.39 Å². The summed E-state index contributed by atoms with van der Waals surface area (Å²) in [6, 6.07) is 6.91. The maximum atomic E-state index is 12.6. The first kappa shape index (κ1) is 17.4. The molecule has 1 rings (SSSR count). The van der Waals surface area contributed by atoms with Crippen LogP contribution in [0.2, 0.25) is 0 Å². The second-order valence-corrected chi connectivity index (χ2v) is 6.33. The third kappa shape index (κ3) is 5.68. The topological polar surface area (TPSA) is 52.3 Å². The Hall–Kier alpha value is -1.68. The molecular weight excluding hydrogens is 269 g/mol. The Balaban J connectivity index is 2.72. The maximum absolute atomic E-state index is 12.6. The highest BCUT2D eigenvalue weighted by Gasteiger charge is 2.17. The summed E-state index contributed by atoms with van der Waals surface area (Å²) in [5.41, 5.74) is 6.44. The monoisotopic (exact) mass is 293 g/mol. The summed E-state index contributed by atoms with van der Waals surface area (Å²) in [5.74, 6) is 0.691. The summed E-state index contributed by atoms with van der Waals surface area (Å²) < 4.78 is 18.2. The highest BCUT2D eigenvalue weighted by atomic mass is 19.1. The van der Waals surface area contributed by atoms with Crippen LogP contribution in [-0.2, 0) is 0 Å². The van der Waals surface area contributed by atoms with Crippen molar-refractivity contribution in [1.29, 1.82) is 0 Å². The number of hydrogen-bond acceptors (Lipinski definition) is 3. The minimum atomic E-state index is -0.434. The Kier molecular flexibility index (Phi) is 6.09. The van der Waals surface area contributed by atoms with Gasteiger partial charge in [-0.2, -0.15) is 0 Å². The van der Waals surface area contributed by atoms with Crippen LogP contribution >= 0.6 is 0 Å². The number of rotatable bonds is 6. The van der Waals surface area contributed by atoms with Gasteiger partial charge in [0.15, 0.2) is 5.78 Å². The highest BCUT2D eigenvalue weighted by molar-refractivity contribution is 5.96. The number of carbonyl (C=O) groups is 1. The molecule has 0 bridgehead atoms. The van der Waals surface area contributed by atoms with Crippen LogP contribution in [0.15, 0.2) is 36.2 Å². The average Bonchev–Trinajstić information content (AvgIpc) is 2.39. The molecule has 0 amide bonds. The molecule has 0 saturated carbocycles. The Morgan fingerprint density at radius 2 is 1.90 bits per heavy atom. The number of ketones is 1. The van der Waals surface area contributed by atoms with Gasteiger partial charge in [-0.1, -0.05) is 20.8 Å². The van der Waals surface area contributed by atoms with E-state index in [2.05, 4.69) is 0 Å². The number of benzene rings is 1. The molecule has 0 aliphatic heterocycles. The van der Waals surface area contributed by atoms with Crippen LogP contribution < -0.4 is 10.5 Å². The standard InChI is InChI=1S/C17H24FNO2/c1-12(14(10-18)11-19)21-15-7-5-13(6-8-15)16(20)9-17(2,3)4/h5-8,10,12H,9,11,19H2,1-4H3/b14-10+. The lowest BCUT2D eigenvalue weighted by atomic mass is 9.88. The Labute approximate surface area is 126 Å². The van der Waals surface area contributed by atoms with Gasteiger partial charge >= 0.3 is 0 Å².